The third-order valence-corrected chi connectivity index (χ3v) is 9.26. The average molecular weight is 504 g/mol. The monoisotopic (exact) mass is 503 g/mol. The minimum Gasteiger partial charge on any atom is -0.384 e. The molecule has 32 heavy (non-hydrogen) atoms. The van der Waals surface area contributed by atoms with Crippen LogP contribution in [-0.4, -0.2) is 21.7 Å². The number of H-pyrrole nitrogens is 1. The molecule has 1 aliphatic heterocycles. The Hall–Kier alpha value is -1.93. The van der Waals surface area contributed by atoms with Crippen molar-refractivity contribution >= 4 is 57.6 Å². The second kappa shape index (κ2) is 8.78. The second-order valence-electron chi connectivity index (χ2n) is 8.62. The standard InChI is InChI=1S/C22H25N5OS4/c1-5-11-7-12(19(31-11)30-6-2)16-13(10-23)18(24)27(20-25-26-21(29)32-20)14-8-22(3,4)9-15(28)17(14)16/h7,16H,5-6,8-9,24H2,1-4H3,(H,26,29). The quantitative estimate of drug-likeness (QED) is 0.388. The van der Waals surface area contributed by atoms with Crippen LogP contribution in [0.2, 0.25) is 0 Å². The van der Waals surface area contributed by atoms with Crippen LogP contribution in [0.25, 0.3) is 0 Å². The van der Waals surface area contributed by atoms with Crippen molar-refractivity contribution in [3.63, 3.8) is 0 Å². The van der Waals surface area contributed by atoms with Gasteiger partial charge in [-0.3, -0.25) is 14.8 Å². The van der Waals surface area contributed by atoms with Gasteiger partial charge in [-0.1, -0.05) is 39.0 Å². The molecule has 0 amide bonds. The number of nitrogens with two attached hydrogens (primary N) is 1. The molecule has 2 aliphatic rings. The van der Waals surface area contributed by atoms with Gasteiger partial charge in [-0.15, -0.1) is 28.2 Å². The van der Waals surface area contributed by atoms with Gasteiger partial charge in [0.25, 0.3) is 0 Å². The van der Waals surface area contributed by atoms with Crippen molar-refractivity contribution in [2.24, 2.45) is 11.1 Å². The molecule has 1 atom stereocenters. The number of carbonyl (C=O) groups excluding carboxylic acids is 1. The molecule has 0 saturated heterocycles. The summed E-state index contributed by atoms with van der Waals surface area (Å²) < 4.78 is 1.67. The lowest BCUT2D eigenvalue weighted by Crippen LogP contribution is -2.42. The molecule has 3 N–H and O–H groups in total. The highest BCUT2D eigenvalue weighted by Gasteiger charge is 2.46. The van der Waals surface area contributed by atoms with Crippen LogP contribution in [0.5, 0.6) is 0 Å². The number of allylic oxidation sites excluding steroid dienone is 3. The van der Waals surface area contributed by atoms with E-state index in [0.717, 1.165) is 27.6 Å². The van der Waals surface area contributed by atoms with Crippen LogP contribution in [0.1, 0.15) is 56.9 Å². The zero-order valence-corrected chi connectivity index (χ0v) is 21.7. The number of nitrogens with zero attached hydrogens (tertiary/aromatic N) is 3. The van der Waals surface area contributed by atoms with E-state index in [1.54, 1.807) is 28.0 Å². The number of ketones is 1. The van der Waals surface area contributed by atoms with Gasteiger partial charge in [0.2, 0.25) is 5.13 Å². The maximum Gasteiger partial charge on any atom is 0.216 e. The summed E-state index contributed by atoms with van der Waals surface area (Å²) in [6.07, 6.45) is 2.01. The summed E-state index contributed by atoms with van der Waals surface area (Å²) in [5.41, 5.74) is 9.37. The summed E-state index contributed by atoms with van der Waals surface area (Å²) in [5.74, 6) is 0.867. The van der Waals surface area contributed by atoms with E-state index in [9.17, 15) is 10.1 Å². The largest absolute Gasteiger partial charge is 0.384 e. The first kappa shape index (κ1) is 23.2. The summed E-state index contributed by atoms with van der Waals surface area (Å²) in [5, 5.41) is 17.9. The van der Waals surface area contributed by atoms with Gasteiger partial charge >= 0.3 is 0 Å². The van der Waals surface area contributed by atoms with Crippen LogP contribution in [0.15, 0.2) is 32.9 Å². The zero-order valence-electron chi connectivity index (χ0n) is 18.4. The molecule has 168 valence electrons. The SMILES string of the molecule is CCSc1sc(CC)cc1C1C(C#N)=C(N)N(c2n[nH]c(=S)s2)C2=C1C(=O)CC(C)(C)C2. The van der Waals surface area contributed by atoms with Crippen molar-refractivity contribution in [1.29, 1.82) is 5.26 Å². The number of hydrogen-bond acceptors (Lipinski definition) is 9. The molecule has 10 heteroatoms. The van der Waals surface area contributed by atoms with E-state index in [4.69, 9.17) is 18.0 Å². The number of nitriles is 1. The Kier molecular flexibility index (Phi) is 6.38. The number of Topliss-reactive ketones (excluding diaryl/α,β-unsaturated/α-hetero) is 1. The van der Waals surface area contributed by atoms with Gasteiger partial charge in [-0.05, 0) is 47.9 Å². The molecule has 0 radical (unpaired) electrons. The Balaban J connectivity index is 2.01. The number of aryl methyl sites for hydroxylation is 1. The molecule has 2 aromatic heterocycles. The van der Waals surface area contributed by atoms with Gasteiger partial charge in [0.15, 0.2) is 9.74 Å². The van der Waals surface area contributed by atoms with Crippen LogP contribution in [0, 0.1) is 20.7 Å². The van der Waals surface area contributed by atoms with E-state index in [0.29, 0.717) is 38.9 Å². The fourth-order valence-corrected chi connectivity index (χ4v) is 7.71. The van der Waals surface area contributed by atoms with E-state index >= 15 is 0 Å². The number of carbonyl (C=O) groups is 1. The van der Waals surface area contributed by atoms with Crippen molar-refractivity contribution in [3.05, 3.63) is 43.1 Å². The molecular formula is C22H25N5OS4. The predicted molar refractivity (Wildman–Crippen MR) is 134 cm³/mol. The first-order valence-electron chi connectivity index (χ1n) is 10.5. The number of anilines is 1. The number of thioether (sulfide) groups is 1. The summed E-state index contributed by atoms with van der Waals surface area (Å²) in [4.78, 5) is 16.6. The van der Waals surface area contributed by atoms with E-state index in [1.807, 2.05) is 0 Å². The third kappa shape index (κ3) is 3.96. The van der Waals surface area contributed by atoms with Crippen molar-refractivity contribution < 1.29 is 4.79 Å². The third-order valence-electron chi connectivity index (χ3n) is 5.71. The summed E-state index contributed by atoms with van der Waals surface area (Å²) in [6, 6.07) is 4.50. The Morgan fingerprint density at radius 2 is 2.16 bits per heavy atom. The highest BCUT2D eigenvalue weighted by atomic mass is 32.2. The van der Waals surface area contributed by atoms with Gasteiger partial charge < -0.3 is 5.73 Å². The Bertz CT molecular complexity index is 1240. The van der Waals surface area contributed by atoms with E-state index in [-0.39, 0.29) is 11.2 Å². The topological polar surface area (TPSA) is 98.8 Å². The van der Waals surface area contributed by atoms with Crippen molar-refractivity contribution in [1.82, 2.24) is 10.2 Å². The highest BCUT2D eigenvalue weighted by molar-refractivity contribution is 8.01. The first-order chi connectivity index (χ1) is 15.2. The molecule has 2 aromatic rings. The molecule has 4 rings (SSSR count). The van der Waals surface area contributed by atoms with Crippen LogP contribution in [-0.2, 0) is 11.2 Å². The number of nitrogens with one attached hydrogen (secondary N) is 1. The minimum absolute atomic E-state index is 0.0716. The molecule has 1 unspecified atom stereocenters. The van der Waals surface area contributed by atoms with Crippen LogP contribution in [0.4, 0.5) is 5.13 Å². The number of rotatable bonds is 5. The summed E-state index contributed by atoms with van der Waals surface area (Å²) >= 11 is 10.0. The average Bonchev–Trinajstić information content (AvgIpc) is 3.32. The van der Waals surface area contributed by atoms with Gasteiger partial charge in [-0.25, -0.2) is 0 Å². The molecular weight excluding hydrogens is 479 g/mol. The Morgan fingerprint density at radius 1 is 1.41 bits per heavy atom. The Labute approximate surface area is 205 Å². The molecule has 3 heterocycles. The van der Waals surface area contributed by atoms with Crippen molar-refractivity contribution in [3.8, 4) is 6.07 Å². The van der Waals surface area contributed by atoms with Gasteiger partial charge in [-0.2, -0.15) is 5.26 Å². The summed E-state index contributed by atoms with van der Waals surface area (Å²) in [6.45, 7) is 8.42. The van der Waals surface area contributed by atoms with Crippen LogP contribution in [0.3, 0.4) is 0 Å². The molecule has 0 fully saturated rings. The second-order valence-corrected chi connectivity index (χ2v) is 12.9. The maximum absolute atomic E-state index is 13.6. The molecule has 0 saturated carbocycles. The minimum atomic E-state index is -0.452. The lowest BCUT2D eigenvalue weighted by atomic mass is 9.69. The van der Waals surface area contributed by atoms with E-state index < -0.39 is 5.92 Å². The number of aromatic nitrogens is 2. The molecule has 0 aromatic carbocycles. The van der Waals surface area contributed by atoms with Crippen LogP contribution < -0.4 is 10.6 Å². The molecule has 0 spiro atoms. The number of hydrogen-bond donors (Lipinski definition) is 2. The predicted octanol–water partition coefficient (Wildman–Crippen LogP) is 5.88. The molecule has 0 bridgehead atoms. The van der Waals surface area contributed by atoms with E-state index in [2.05, 4.69) is 50.0 Å². The number of thiophene rings is 1. The lowest BCUT2D eigenvalue weighted by molar-refractivity contribution is -0.118. The van der Waals surface area contributed by atoms with Crippen molar-refractivity contribution in [2.75, 3.05) is 10.7 Å². The fraction of sp³-hybridized carbons (Fsp3) is 0.455. The normalized spacial score (nSPS) is 20.5. The maximum atomic E-state index is 13.6. The van der Waals surface area contributed by atoms with Gasteiger partial charge in [0.05, 0.1) is 21.8 Å². The smallest absolute Gasteiger partial charge is 0.216 e. The van der Waals surface area contributed by atoms with Gasteiger partial charge in [0.1, 0.15) is 5.82 Å². The summed E-state index contributed by atoms with van der Waals surface area (Å²) in [7, 11) is 0. The van der Waals surface area contributed by atoms with Crippen LogP contribution >= 0.6 is 46.7 Å². The number of aromatic amines is 1. The lowest BCUT2D eigenvalue weighted by Gasteiger charge is -2.42. The van der Waals surface area contributed by atoms with Gasteiger partial charge in [0, 0.05) is 22.6 Å². The zero-order chi connectivity index (χ0) is 23.2. The Morgan fingerprint density at radius 3 is 2.75 bits per heavy atom. The molecule has 1 aliphatic carbocycles. The van der Waals surface area contributed by atoms with E-state index in [1.165, 1.54) is 16.2 Å². The first-order valence-corrected chi connectivity index (χ1v) is 13.5. The fourth-order valence-electron chi connectivity index (χ4n) is 4.42. The highest BCUT2D eigenvalue weighted by Crippen LogP contribution is 2.52. The molecule has 6 nitrogen and oxygen atoms in total. The van der Waals surface area contributed by atoms with Crippen molar-refractivity contribution in [2.45, 2.75) is 57.1 Å².